The van der Waals surface area contributed by atoms with Gasteiger partial charge in [-0.1, -0.05) is 0 Å². The van der Waals surface area contributed by atoms with Crippen LogP contribution in [0.4, 0.5) is 0 Å². The van der Waals surface area contributed by atoms with Crippen LogP contribution in [0.15, 0.2) is 16.5 Å². The number of nitrogens with zero attached hydrogens (tertiary/aromatic N) is 1. The van der Waals surface area contributed by atoms with E-state index in [-0.39, 0.29) is 0 Å². The first-order valence-electron chi connectivity index (χ1n) is 7.94. The van der Waals surface area contributed by atoms with Crippen molar-refractivity contribution in [3.63, 3.8) is 0 Å². The van der Waals surface area contributed by atoms with Crippen LogP contribution in [0.3, 0.4) is 0 Å². The Bertz CT molecular complexity index is 408. The van der Waals surface area contributed by atoms with Crippen LogP contribution in [0.25, 0.3) is 0 Å². The molecule has 3 nitrogen and oxygen atoms in total. The molecule has 0 bridgehead atoms. The van der Waals surface area contributed by atoms with Crippen LogP contribution >= 0.6 is 11.8 Å². The molecule has 0 radical (unpaired) electrons. The third kappa shape index (κ3) is 3.60. The van der Waals surface area contributed by atoms with Gasteiger partial charge in [-0.25, -0.2) is 0 Å². The van der Waals surface area contributed by atoms with E-state index < -0.39 is 0 Å². The van der Waals surface area contributed by atoms with Crippen LogP contribution in [-0.2, 0) is 0 Å². The summed E-state index contributed by atoms with van der Waals surface area (Å²) in [6, 6.07) is 5.38. The molecular formula is C16H26N2OS. The second-order valence-electron chi connectivity index (χ2n) is 6.00. The zero-order valence-corrected chi connectivity index (χ0v) is 13.3. The molecule has 3 heterocycles. The second kappa shape index (κ2) is 7.01. The van der Waals surface area contributed by atoms with Gasteiger partial charge in [0.1, 0.15) is 11.5 Å². The molecule has 0 aliphatic carbocycles. The molecule has 0 spiro atoms. The number of aryl methyl sites for hydroxylation is 1. The molecule has 1 atom stereocenters. The van der Waals surface area contributed by atoms with E-state index in [4.69, 9.17) is 4.42 Å². The van der Waals surface area contributed by atoms with E-state index in [1.54, 1.807) is 0 Å². The van der Waals surface area contributed by atoms with Crippen molar-refractivity contribution in [2.24, 2.45) is 0 Å². The van der Waals surface area contributed by atoms with Crippen LogP contribution in [0.1, 0.15) is 43.2 Å². The van der Waals surface area contributed by atoms with Crippen LogP contribution in [0.5, 0.6) is 0 Å². The number of hydrogen-bond acceptors (Lipinski definition) is 4. The first-order valence-corrected chi connectivity index (χ1v) is 9.10. The molecule has 4 heteroatoms. The molecule has 0 amide bonds. The molecule has 2 aliphatic heterocycles. The van der Waals surface area contributed by atoms with Crippen molar-refractivity contribution in [2.45, 2.75) is 44.7 Å². The average Bonchev–Trinajstić information content (AvgIpc) is 3.13. The lowest BCUT2D eigenvalue weighted by Gasteiger charge is -2.29. The standard InChI is InChI=1S/C16H26N2OS/c1-13-4-5-16(19-13)15(18-8-2-3-9-18)12-17-14-6-10-20-11-7-14/h4-5,14-15,17H,2-3,6-12H2,1H3. The van der Waals surface area contributed by atoms with E-state index >= 15 is 0 Å². The summed E-state index contributed by atoms with van der Waals surface area (Å²) in [5.41, 5.74) is 0. The van der Waals surface area contributed by atoms with Crippen molar-refractivity contribution in [3.05, 3.63) is 23.7 Å². The molecule has 2 aliphatic rings. The van der Waals surface area contributed by atoms with Gasteiger partial charge in [0.25, 0.3) is 0 Å². The Morgan fingerprint density at radius 1 is 1.30 bits per heavy atom. The number of thioether (sulfide) groups is 1. The maximum absolute atomic E-state index is 5.91. The molecule has 1 unspecified atom stereocenters. The van der Waals surface area contributed by atoms with Gasteiger partial charge in [-0.15, -0.1) is 0 Å². The molecule has 1 aromatic rings. The van der Waals surface area contributed by atoms with Gasteiger partial charge >= 0.3 is 0 Å². The zero-order chi connectivity index (χ0) is 13.8. The normalized spacial score (nSPS) is 23.2. The fraction of sp³-hybridized carbons (Fsp3) is 0.750. The maximum Gasteiger partial charge on any atom is 0.122 e. The number of nitrogens with one attached hydrogen (secondary N) is 1. The molecular weight excluding hydrogens is 268 g/mol. The molecule has 2 fully saturated rings. The van der Waals surface area contributed by atoms with E-state index in [1.807, 2.05) is 6.92 Å². The van der Waals surface area contributed by atoms with Crippen LogP contribution < -0.4 is 5.32 Å². The summed E-state index contributed by atoms with van der Waals surface area (Å²) in [4.78, 5) is 2.59. The molecule has 3 rings (SSSR count). The summed E-state index contributed by atoms with van der Waals surface area (Å²) >= 11 is 2.09. The van der Waals surface area contributed by atoms with Crippen molar-refractivity contribution in [3.8, 4) is 0 Å². The van der Waals surface area contributed by atoms with Crippen molar-refractivity contribution in [1.82, 2.24) is 10.2 Å². The van der Waals surface area contributed by atoms with E-state index in [9.17, 15) is 0 Å². The van der Waals surface area contributed by atoms with Gasteiger partial charge in [0, 0.05) is 12.6 Å². The number of hydrogen-bond donors (Lipinski definition) is 1. The molecule has 0 aromatic carbocycles. The highest BCUT2D eigenvalue weighted by molar-refractivity contribution is 7.99. The highest BCUT2D eigenvalue weighted by Gasteiger charge is 2.26. The third-order valence-electron chi connectivity index (χ3n) is 4.49. The molecule has 112 valence electrons. The average molecular weight is 294 g/mol. The summed E-state index contributed by atoms with van der Waals surface area (Å²) in [6.45, 7) is 5.50. The lowest BCUT2D eigenvalue weighted by atomic mass is 10.1. The first-order chi connectivity index (χ1) is 9.83. The molecule has 2 saturated heterocycles. The largest absolute Gasteiger partial charge is 0.465 e. The lowest BCUT2D eigenvalue weighted by Crippen LogP contribution is -2.40. The van der Waals surface area contributed by atoms with Crippen molar-refractivity contribution >= 4 is 11.8 Å². The molecule has 0 saturated carbocycles. The predicted molar refractivity (Wildman–Crippen MR) is 85.3 cm³/mol. The Hall–Kier alpha value is -0.450. The fourth-order valence-corrected chi connectivity index (χ4v) is 4.38. The number of furan rings is 1. The van der Waals surface area contributed by atoms with Gasteiger partial charge in [-0.05, 0) is 69.3 Å². The second-order valence-corrected chi connectivity index (χ2v) is 7.23. The SMILES string of the molecule is Cc1ccc(C(CNC2CCSCC2)N2CCCC2)o1. The van der Waals surface area contributed by atoms with Crippen molar-refractivity contribution in [1.29, 1.82) is 0 Å². The summed E-state index contributed by atoms with van der Waals surface area (Å²) < 4.78 is 5.91. The minimum absolute atomic E-state index is 0.417. The minimum atomic E-state index is 0.417. The highest BCUT2D eigenvalue weighted by atomic mass is 32.2. The maximum atomic E-state index is 5.91. The van der Waals surface area contributed by atoms with Crippen LogP contribution in [0.2, 0.25) is 0 Å². The molecule has 20 heavy (non-hydrogen) atoms. The fourth-order valence-electron chi connectivity index (χ4n) is 3.28. The van der Waals surface area contributed by atoms with Gasteiger partial charge in [0.15, 0.2) is 0 Å². The quantitative estimate of drug-likeness (QED) is 0.902. The Morgan fingerprint density at radius 3 is 2.70 bits per heavy atom. The van der Waals surface area contributed by atoms with Crippen LogP contribution in [0, 0.1) is 6.92 Å². The summed E-state index contributed by atoms with van der Waals surface area (Å²) in [7, 11) is 0. The van der Waals surface area contributed by atoms with E-state index in [2.05, 4.69) is 34.1 Å². The van der Waals surface area contributed by atoms with E-state index in [0.717, 1.165) is 18.1 Å². The van der Waals surface area contributed by atoms with Gasteiger partial charge in [-0.3, -0.25) is 4.90 Å². The van der Waals surface area contributed by atoms with Crippen LogP contribution in [-0.4, -0.2) is 42.1 Å². The van der Waals surface area contributed by atoms with Gasteiger partial charge in [0.2, 0.25) is 0 Å². The van der Waals surface area contributed by atoms with E-state index in [1.165, 1.54) is 50.3 Å². The third-order valence-corrected chi connectivity index (χ3v) is 5.54. The Labute approximate surface area is 126 Å². The highest BCUT2D eigenvalue weighted by Crippen LogP contribution is 2.27. The summed E-state index contributed by atoms with van der Waals surface area (Å²) in [5.74, 6) is 4.79. The van der Waals surface area contributed by atoms with Crippen molar-refractivity contribution < 1.29 is 4.42 Å². The van der Waals surface area contributed by atoms with Crippen molar-refractivity contribution in [2.75, 3.05) is 31.1 Å². The summed E-state index contributed by atoms with van der Waals surface area (Å²) in [5, 5.41) is 3.79. The predicted octanol–water partition coefficient (Wildman–Crippen LogP) is 3.21. The molecule has 1 aromatic heterocycles. The van der Waals surface area contributed by atoms with Gasteiger partial charge < -0.3 is 9.73 Å². The zero-order valence-electron chi connectivity index (χ0n) is 12.4. The summed E-state index contributed by atoms with van der Waals surface area (Å²) in [6.07, 6.45) is 5.29. The Kier molecular flexibility index (Phi) is 5.08. The van der Waals surface area contributed by atoms with E-state index in [0.29, 0.717) is 12.1 Å². The lowest BCUT2D eigenvalue weighted by molar-refractivity contribution is 0.202. The van der Waals surface area contributed by atoms with Gasteiger partial charge in [0.05, 0.1) is 6.04 Å². The smallest absolute Gasteiger partial charge is 0.122 e. The number of rotatable bonds is 5. The Morgan fingerprint density at radius 2 is 2.05 bits per heavy atom. The monoisotopic (exact) mass is 294 g/mol. The number of likely N-dealkylation sites (tertiary alicyclic amines) is 1. The topological polar surface area (TPSA) is 28.4 Å². The minimum Gasteiger partial charge on any atom is -0.465 e. The molecule has 1 N–H and O–H groups in total. The van der Waals surface area contributed by atoms with Gasteiger partial charge in [-0.2, -0.15) is 11.8 Å². The Balaban J connectivity index is 1.62. The first kappa shape index (κ1) is 14.5.